The van der Waals surface area contributed by atoms with Crippen molar-refractivity contribution in [3.8, 4) is 11.5 Å². The van der Waals surface area contributed by atoms with E-state index in [1.807, 2.05) is 13.1 Å². The average molecular weight is 361 g/mol. The largest absolute Gasteiger partial charge is 0.454 e. The summed E-state index contributed by atoms with van der Waals surface area (Å²) < 4.78 is 10.8. The number of piperidine rings is 1. The molecule has 1 aromatic rings. The van der Waals surface area contributed by atoms with Gasteiger partial charge in [-0.25, -0.2) is 0 Å². The molecule has 2 aliphatic rings. The van der Waals surface area contributed by atoms with Crippen molar-refractivity contribution in [2.45, 2.75) is 32.6 Å². The molecule has 26 heavy (non-hydrogen) atoms. The lowest BCUT2D eigenvalue weighted by Crippen LogP contribution is -2.43. The minimum absolute atomic E-state index is 0.324. The van der Waals surface area contributed by atoms with E-state index in [9.17, 15) is 0 Å². The monoisotopic (exact) mass is 360 g/mol. The molecule has 0 aromatic heterocycles. The van der Waals surface area contributed by atoms with Crippen LogP contribution < -0.4 is 20.1 Å². The topological polar surface area (TPSA) is 58.1 Å². The number of hydrogen-bond acceptors (Lipinski definition) is 4. The lowest BCUT2D eigenvalue weighted by atomic mass is 9.97. The average Bonchev–Trinajstić information content (AvgIpc) is 3.14. The number of benzene rings is 1. The molecule has 0 amide bonds. The minimum atomic E-state index is 0.324. The molecule has 0 atom stereocenters. The molecule has 2 aliphatic heterocycles. The van der Waals surface area contributed by atoms with Gasteiger partial charge in [0.15, 0.2) is 17.5 Å². The van der Waals surface area contributed by atoms with Gasteiger partial charge in [0.25, 0.3) is 0 Å². The van der Waals surface area contributed by atoms with Gasteiger partial charge in [-0.2, -0.15) is 0 Å². The highest BCUT2D eigenvalue weighted by molar-refractivity contribution is 5.79. The molecule has 1 aromatic carbocycles. The second-order valence-electron chi connectivity index (χ2n) is 7.10. The quantitative estimate of drug-likeness (QED) is 0.577. The first-order chi connectivity index (χ1) is 12.8. The van der Waals surface area contributed by atoms with Crippen LogP contribution in [0.25, 0.3) is 0 Å². The lowest BCUT2D eigenvalue weighted by molar-refractivity contribution is 0.174. The molecule has 2 heterocycles. The van der Waals surface area contributed by atoms with Crippen molar-refractivity contribution in [2.75, 3.05) is 46.6 Å². The Balaban J connectivity index is 1.35. The van der Waals surface area contributed by atoms with Gasteiger partial charge in [-0.1, -0.05) is 13.0 Å². The highest BCUT2D eigenvalue weighted by Crippen LogP contribution is 2.32. The van der Waals surface area contributed by atoms with Crippen molar-refractivity contribution < 1.29 is 9.47 Å². The summed E-state index contributed by atoms with van der Waals surface area (Å²) in [5, 5.41) is 6.90. The summed E-state index contributed by atoms with van der Waals surface area (Å²) in [6.45, 7) is 8.13. The molecule has 6 heteroatoms. The Labute approximate surface area is 157 Å². The zero-order valence-corrected chi connectivity index (χ0v) is 16.1. The van der Waals surface area contributed by atoms with E-state index in [-0.39, 0.29) is 0 Å². The van der Waals surface area contributed by atoms with Crippen LogP contribution in [0.4, 0.5) is 0 Å². The van der Waals surface area contributed by atoms with Crippen molar-refractivity contribution in [1.82, 2.24) is 15.5 Å². The molecule has 0 unspecified atom stereocenters. The van der Waals surface area contributed by atoms with Crippen LogP contribution in [-0.2, 0) is 6.42 Å². The predicted octanol–water partition coefficient (Wildman–Crippen LogP) is 2.24. The van der Waals surface area contributed by atoms with Gasteiger partial charge in [0.05, 0.1) is 0 Å². The fraction of sp³-hybridized carbons (Fsp3) is 0.650. The molecule has 2 N–H and O–H groups in total. The van der Waals surface area contributed by atoms with Crippen molar-refractivity contribution in [3.63, 3.8) is 0 Å². The maximum atomic E-state index is 5.43. The second-order valence-corrected chi connectivity index (χ2v) is 7.10. The Bertz CT molecular complexity index is 597. The maximum Gasteiger partial charge on any atom is 0.231 e. The molecule has 0 spiro atoms. The number of aliphatic imine (C=N–C) groups is 1. The number of ether oxygens (including phenoxy) is 2. The van der Waals surface area contributed by atoms with Crippen molar-refractivity contribution in [3.05, 3.63) is 23.8 Å². The molecule has 0 aliphatic carbocycles. The van der Waals surface area contributed by atoms with Crippen LogP contribution in [0.15, 0.2) is 23.2 Å². The molecule has 144 valence electrons. The molecule has 1 fully saturated rings. The Morgan fingerprint density at radius 2 is 2.00 bits per heavy atom. The highest BCUT2D eigenvalue weighted by atomic mass is 16.7. The van der Waals surface area contributed by atoms with Crippen molar-refractivity contribution in [2.24, 2.45) is 10.9 Å². The number of fused-ring (bicyclic) bond motifs is 1. The van der Waals surface area contributed by atoms with E-state index in [1.165, 1.54) is 44.5 Å². The first kappa shape index (κ1) is 18.8. The fourth-order valence-corrected chi connectivity index (χ4v) is 3.61. The standard InChI is InChI=1S/C20H32N4O2/c1-3-10-24-11-7-17(8-12-24)14-23-20(21-2)22-9-6-16-4-5-18-19(13-16)26-15-25-18/h4-5,13,17H,3,6-12,14-15H2,1-2H3,(H2,21,22,23). The van der Waals surface area contributed by atoms with E-state index in [0.717, 1.165) is 42.9 Å². The van der Waals surface area contributed by atoms with E-state index >= 15 is 0 Å². The molecule has 0 bridgehead atoms. The Morgan fingerprint density at radius 1 is 1.19 bits per heavy atom. The molecule has 3 rings (SSSR count). The molecule has 0 saturated carbocycles. The zero-order valence-electron chi connectivity index (χ0n) is 16.1. The number of likely N-dealkylation sites (tertiary alicyclic amines) is 1. The van der Waals surface area contributed by atoms with Crippen LogP contribution in [0.1, 0.15) is 31.7 Å². The summed E-state index contributed by atoms with van der Waals surface area (Å²) in [4.78, 5) is 6.92. The predicted molar refractivity (Wildman–Crippen MR) is 105 cm³/mol. The molecule has 6 nitrogen and oxygen atoms in total. The van der Waals surface area contributed by atoms with Crippen LogP contribution in [-0.4, -0.2) is 57.4 Å². The van der Waals surface area contributed by atoms with Gasteiger partial charge >= 0.3 is 0 Å². The van der Waals surface area contributed by atoms with E-state index in [0.29, 0.717) is 6.79 Å². The zero-order chi connectivity index (χ0) is 18.2. The van der Waals surface area contributed by atoms with E-state index in [2.05, 4.69) is 39.6 Å². The summed E-state index contributed by atoms with van der Waals surface area (Å²) >= 11 is 0. The first-order valence-electron chi connectivity index (χ1n) is 9.84. The van der Waals surface area contributed by atoms with Gasteiger partial charge in [-0.15, -0.1) is 0 Å². The third kappa shape index (κ3) is 5.27. The molecule has 0 radical (unpaired) electrons. The normalized spacial score (nSPS) is 18.2. The van der Waals surface area contributed by atoms with Gasteiger partial charge in [0, 0.05) is 20.1 Å². The second kappa shape index (κ2) is 9.67. The summed E-state index contributed by atoms with van der Waals surface area (Å²) in [7, 11) is 1.83. The third-order valence-corrected chi connectivity index (χ3v) is 5.17. The summed E-state index contributed by atoms with van der Waals surface area (Å²) in [6.07, 6.45) is 4.73. The number of nitrogens with one attached hydrogen (secondary N) is 2. The summed E-state index contributed by atoms with van der Waals surface area (Å²) in [5.41, 5.74) is 1.24. The number of hydrogen-bond donors (Lipinski definition) is 2. The van der Waals surface area contributed by atoms with Gasteiger partial charge in [0.1, 0.15) is 0 Å². The van der Waals surface area contributed by atoms with Gasteiger partial charge in [0.2, 0.25) is 6.79 Å². The highest BCUT2D eigenvalue weighted by Gasteiger charge is 2.18. The van der Waals surface area contributed by atoms with Gasteiger partial charge in [-0.3, -0.25) is 4.99 Å². The maximum absolute atomic E-state index is 5.43. The number of guanidine groups is 1. The van der Waals surface area contributed by atoms with Gasteiger partial charge < -0.3 is 25.0 Å². The van der Waals surface area contributed by atoms with E-state index in [4.69, 9.17) is 9.47 Å². The molecule has 1 saturated heterocycles. The lowest BCUT2D eigenvalue weighted by Gasteiger charge is -2.32. The summed E-state index contributed by atoms with van der Waals surface area (Å²) in [6, 6.07) is 6.13. The minimum Gasteiger partial charge on any atom is -0.454 e. The van der Waals surface area contributed by atoms with Crippen LogP contribution in [0, 0.1) is 5.92 Å². The van der Waals surface area contributed by atoms with Gasteiger partial charge in [-0.05, 0) is 68.9 Å². The summed E-state index contributed by atoms with van der Waals surface area (Å²) in [5.74, 6) is 3.32. The van der Waals surface area contributed by atoms with Crippen LogP contribution in [0.3, 0.4) is 0 Å². The Kier molecular flexibility index (Phi) is 7.00. The Hall–Kier alpha value is -1.95. The molecular formula is C20H32N4O2. The van der Waals surface area contributed by atoms with Crippen LogP contribution in [0.5, 0.6) is 11.5 Å². The first-order valence-corrected chi connectivity index (χ1v) is 9.84. The molecular weight excluding hydrogens is 328 g/mol. The van der Waals surface area contributed by atoms with E-state index < -0.39 is 0 Å². The number of rotatable bonds is 7. The third-order valence-electron chi connectivity index (χ3n) is 5.17. The fourth-order valence-electron chi connectivity index (χ4n) is 3.61. The van der Waals surface area contributed by atoms with Crippen molar-refractivity contribution >= 4 is 5.96 Å². The van der Waals surface area contributed by atoms with E-state index in [1.54, 1.807) is 0 Å². The van der Waals surface area contributed by atoms with Crippen LogP contribution in [0.2, 0.25) is 0 Å². The number of nitrogens with zero attached hydrogens (tertiary/aromatic N) is 2. The SMILES string of the molecule is CCCN1CCC(CNC(=NC)NCCc2ccc3c(c2)OCO3)CC1. The smallest absolute Gasteiger partial charge is 0.231 e. The Morgan fingerprint density at radius 3 is 2.77 bits per heavy atom. The van der Waals surface area contributed by atoms with Crippen molar-refractivity contribution in [1.29, 1.82) is 0 Å². The van der Waals surface area contributed by atoms with Crippen LogP contribution >= 0.6 is 0 Å².